The summed E-state index contributed by atoms with van der Waals surface area (Å²) < 4.78 is 45.7. The monoisotopic (exact) mass is 559 g/mol. The third-order valence-electron chi connectivity index (χ3n) is 5.31. The lowest BCUT2D eigenvalue weighted by Gasteiger charge is -2.09. The normalized spacial score (nSPS) is 11.4. The van der Waals surface area contributed by atoms with Crippen LogP contribution in [0.4, 0.5) is 24.5 Å². The Morgan fingerprint density at radius 3 is 2.50 bits per heavy atom. The summed E-state index contributed by atoms with van der Waals surface area (Å²) in [6.07, 6.45) is -2.47. The number of alkyl halides is 3. The van der Waals surface area contributed by atoms with E-state index in [1.54, 1.807) is 42.5 Å². The number of fused-ring (bicyclic) bond motifs is 1. The molecule has 4 rings (SSSR count). The first-order chi connectivity index (χ1) is 18.2. The van der Waals surface area contributed by atoms with E-state index < -0.39 is 17.6 Å². The maximum Gasteiger partial charge on any atom is 0.416 e. The first-order valence-electron chi connectivity index (χ1n) is 11.8. The van der Waals surface area contributed by atoms with Crippen LogP contribution in [-0.4, -0.2) is 29.2 Å². The van der Waals surface area contributed by atoms with Crippen molar-refractivity contribution in [3.63, 3.8) is 0 Å². The molecule has 0 saturated carbocycles. The molecule has 198 valence electrons. The van der Waals surface area contributed by atoms with E-state index in [-0.39, 0.29) is 17.3 Å². The Morgan fingerprint density at radius 1 is 1.00 bits per heavy atom. The number of thioether (sulfide) groups is 1. The van der Waals surface area contributed by atoms with E-state index >= 15 is 0 Å². The van der Waals surface area contributed by atoms with Crippen molar-refractivity contribution in [2.75, 3.05) is 23.0 Å². The lowest BCUT2D eigenvalue weighted by atomic mass is 10.2. The van der Waals surface area contributed by atoms with Crippen molar-refractivity contribution in [1.29, 1.82) is 0 Å². The summed E-state index contributed by atoms with van der Waals surface area (Å²) in [5.41, 5.74) is 1.06. The molecule has 4 aromatic rings. The van der Waals surface area contributed by atoms with Gasteiger partial charge in [-0.1, -0.05) is 31.2 Å². The van der Waals surface area contributed by atoms with E-state index in [1.165, 1.54) is 35.2 Å². The van der Waals surface area contributed by atoms with E-state index in [1.807, 2.05) is 0 Å². The van der Waals surface area contributed by atoms with Crippen LogP contribution >= 0.6 is 23.1 Å². The van der Waals surface area contributed by atoms with E-state index in [4.69, 9.17) is 4.74 Å². The molecular formula is C27H24F3N3O3S2. The number of aromatic nitrogens is 1. The highest BCUT2D eigenvalue weighted by molar-refractivity contribution is 8.01. The summed E-state index contributed by atoms with van der Waals surface area (Å²) in [6.45, 7) is 2.73. The van der Waals surface area contributed by atoms with Crippen molar-refractivity contribution >= 4 is 56.5 Å². The average molecular weight is 560 g/mol. The van der Waals surface area contributed by atoms with Gasteiger partial charge in [-0.2, -0.15) is 13.2 Å². The molecule has 38 heavy (non-hydrogen) atoms. The maximum atomic E-state index is 12.9. The Hall–Kier alpha value is -3.57. The molecule has 6 nitrogen and oxygen atoms in total. The number of nitrogens with zero attached hydrogens (tertiary/aromatic N) is 1. The van der Waals surface area contributed by atoms with E-state index in [0.717, 1.165) is 35.4 Å². The second-order valence-corrected chi connectivity index (χ2v) is 10.5. The van der Waals surface area contributed by atoms with E-state index in [0.29, 0.717) is 27.7 Å². The summed E-state index contributed by atoms with van der Waals surface area (Å²) in [5.74, 6) is 0.00502. The maximum absolute atomic E-state index is 12.9. The highest BCUT2D eigenvalue weighted by Crippen LogP contribution is 2.32. The number of halogens is 3. The van der Waals surface area contributed by atoms with Crippen LogP contribution in [0, 0.1) is 0 Å². The second kappa shape index (κ2) is 12.3. The molecular weight excluding hydrogens is 535 g/mol. The molecule has 0 bridgehead atoms. The molecule has 2 amide bonds. The number of hydrogen-bond donors (Lipinski definition) is 2. The molecule has 0 aliphatic carbocycles. The number of thiazole rings is 1. The van der Waals surface area contributed by atoms with Crippen LogP contribution in [-0.2, 0) is 11.0 Å². The van der Waals surface area contributed by atoms with Crippen molar-refractivity contribution < 1.29 is 27.5 Å². The largest absolute Gasteiger partial charge is 0.494 e. The number of ether oxygens (including phenoxy) is 1. The van der Waals surface area contributed by atoms with Gasteiger partial charge in [-0.25, -0.2) is 4.98 Å². The number of carbonyl (C=O) groups is 2. The zero-order chi connectivity index (χ0) is 27.1. The zero-order valence-electron chi connectivity index (χ0n) is 20.3. The molecule has 0 saturated heterocycles. The quantitative estimate of drug-likeness (QED) is 0.156. The van der Waals surface area contributed by atoms with Crippen molar-refractivity contribution in [2.24, 2.45) is 0 Å². The summed E-state index contributed by atoms with van der Waals surface area (Å²) in [5, 5.41) is 5.35. The van der Waals surface area contributed by atoms with Gasteiger partial charge in [-0.3, -0.25) is 9.59 Å². The number of nitrogens with one attached hydrogen (secondary N) is 2. The molecule has 11 heteroatoms. The number of amides is 2. The minimum atomic E-state index is -4.48. The van der Waals surface area contributed by atoms with Crippen LogP contribution in [0.3, 0.4) is 0 Å². The Bertz CT molecular complexity index is 1420. The molecule has 0 spiro atoms. The fourth-order valence-electron chi connectivity index (χ4n) is 3.38. The Balaban J connectivity index is 1.33. The van der Waals surface area contributed by atoms with Gasteiger partial charge in [0.05, 0.1) is 28.1 Å². The molecule has 0 radical (unpaired) electrons. The van der Waals surface area contributed by atoms with E-state index in [9.17, 15) is 22.8 Å². The van der Waals surface area contributed by atoms with Gasteiger partial charge in [0.2, 0.25) is 5.91 Å². The van der Waals surface area contributed by atoms with Crippen LogP contribution in [0.2, 0.25) is 0 Å². The van der Waals surface area contributed by atoms with Gasteiger partial charge in [0.15, 0.2) is 4.34 Å². The van der Waals surface area contributed by atoms with Gasteiger partial charge in [-0.15, -0.1) is 11.3 Å². The summed E-state index contributed by atoms with van der Waals surface area (Å²) >= 11 is 2.54. The van der Waals surface area contributed by atoms with Gasteiger partial charge in [0.1, 0.15) is 5.75 Å². The molecule has 2 N–H and O–H groups in total. The molecule has 3 aromatic carbocycles. The molecule has 0 aliphatic rings. The topological polar surface area (TPSA) is 80.3 Å². The number of rotatable bonds is 10. The lowest BCUT2D eigenvalue weighted by molar-refractivity contribution is -0.137. The highest BCUT2D eigenvalue weighted by atomic mass is 32.2. The third-order valence-corrected chi connectivity index (χ3v) is 7.47. The predicted molar refractivity (Wildman–Crippen MR) is 145 cm³/mol. The fourth-order valence-corrected chi connectivity index (χ4v) is 5.29. The average Bonchev–Trinajstić information content (AvgIpc) is 3.30. The first kappa shape index (κ1) is 27.5. The number of benzene rings is 3. The summed E-state index contributed by atoms with van der Waals surface area (Å²) in [7, 11) is 0. The fraction of sp³-hybridized carbons (Fsp3) is 0.222. The molecule has 0 fully saturated rings. The van der Waals surface area contributed by atoms with Gasteiger partial charge >= 0.3 is 6.18 Å². The second-order valence-electron chi connectivity index (χ2n) is 8.26. The van der Waals surface area contributed by atoms with Crippen molar-refractivity contribution in [2.45, 2.75) is 30.3 Å². The van der Waals surface area contributed by atoms with Gasteiger partial charge in [0, 0.05) is 16.9 Å². The van der Waals surface area contributed by atoms with Crippen LogP contribution < -0.4 is 15.4 Å². The summed E-state index contributed by atoms with van der Waals surface area (Å²) in [4.78, 5) is 29.4. The zero-order valence-corrected chi connectivity index (χ0v) is 21.9. The van der Waals surface area contributed by atoms with Gasteiger partial charge in [-0.05, 0) is 67.1 Å². The Labute approximate surface area is 225 Å². The molecule has 1 heterocycles. The number of hydrogen-bond acceptors (Lipinski definition) is 6. The number of anilines is 2. The van der Waals surface area contributed by atoms with Gasteiger partial charge < -0.3 is 15.4 Å². The first-order valence-corrected chi connectivity index (χ1v) is 13.6. The SMILES string of the molecule is CCCCOc1ccc(C(=O)Nc2ccc3nc(SCC(=O)Nc4cccc(C(F)(F)F)c4)sc3c2)cc1. The minimum absolute atomic E-state index is 0.0161. The van der Waals surface area contributed by atoms with Crippen molar-refractivity contribution in [1.82, 2.24) is 4.98 Å². The third kappa shape index (κ3) is 7.48. The number of carbonyl (C=O) groups excluding carboxylic acids is 2. The van der Waals surface area contributed by atoms with Crippen molar-refractivity contribution in [3.05, 3.63) is 77.9 Å². The Kier molecular flexibility index (Phi) is 8.90. The predicted octanol–water partition coefficient (Wildman–Crippen LogP) is 7.48. The van der Waals surface area contributed by atoms with Crippen LogP contribution in [0.1, 0.15) is 35.7 Å². The number of unbranched alkanes of at least 4 members (excludes halogenated alkanes) is 1. The lowest BCUT2D eigenvalue weighted by Crippen LogP contribution is -2.14. The standard InChI is InChI=1S/C27H24F3N3O3S2/c1-2-3-13-36-21-10-7-17(8-11-21)25(35)32-20-9-12-22-23(15-20)38-26(33-22)37-16-24(34)31-19-6-4-5-18(14-19)27(28,29)30/h4-12,14-15H,2-3,13,16H2,1H3,(H,31,34)(H,32,35). The minimum Gasteiger partial charge on any atom is -0.494 e. The summed E-state index contributed by atoms with van der Waals surface area (Å²) in [6, 6.07) is 16.8. The van der Waals surface area contributed by atoms with Crippen LogP contribution in [0.15, 0.2) is 71.1 Å². The molecule has 0 atom stereocenters. The smallest absolute Gasteiger partial charge is 0.416 e. The van der Waals surface area contributed by atoms with Crippen molar-refractivity contribution in [3.8, 4) is 5.75 Å². The van der Waals surface area contributed by atoms with Crippen LogP contribution in [0.25, 0.3) is 10.2 Å². The van der Waals surface area contributed by atoms with Gasteiger partial charge in [0.25, 0.3) is 5.91 Å². The molecule has 0 aliphatic heterocycles. The highest BCUT2D eigenvalue weighted by Gasteiger charge is 2.30. The van der Waals surface area contributed by atoms with E-state index in [2.05, 4.69) is 22.5 Å². The molecule has 1 aromatic heterocycles. The van der Waals surface area contributed by atoms with Crippen LogP contribution in [0.5, 0.6) is 5.75 Å². The Morgan fingerprint density at radius 2 is 1.76 bits per heavy atom. The molecule has 0 unspecified atom stereocenters.